The van der Waals surface area contributed by atoms with E-state index < -0.39 is 0 Å². The standard InChI is InChI=1S/C24H25N5O2/c1-14-5-6-20-17(9-14)15(2)30-21-10-16(13-27-23(21)26)22-18(28-29(3)19(22)12-25)11-24(31-20)7-4-8-24/h5-6,9-10,13,15H,4,7-8,11H2,1-3H3,(H2,26,27)/t15-/m1/s1. The average molecular weight is 415 g/mol. The van der Waals surface area contributed by atoms with Crippen LogP contribution in [-0.4, -0.2) is 20.4 Å². The summed E-state index contributed by atoms with van der Waals surface area (Å²) in [7, 11) is 1.79. The largest absolute Gasteiger partial charge is 0.486 e. The van der Waals surface area contributed by atoms with Crippen molar-refractivity contribution in [3.8, 4) is 28.7 Å². The van der Waals surface area contributed by atoms with Gasteiger partial charge in [0.05, 0.1) is 5.69 Å². The molecule has 158 valence electrons. The van der Waals surface area contributed by atoms with Crippen molar-refractivity contribution in [2.45, 2.75) is 51.2 Å². The molecule has 1 atom stereocenters. The van der Waals surface area contributed by atoms with Crippen LogP contribution < -0.4 is 15.2 Å². The van der Waals surface area contributed by atoms with Gasteiger partial charge in [0.25, 0.3) is 0 Å². The number of ether oxygens (including phenoxy) is 2. The second-order valence-corrected chi connectivity index (χ2v) is 8.63. The predicted molar refractivity (Wildman–Crippen MR) is 117 cm³/mol. The molecule has 3 heterocycles. The summed E-state index contributed by atoms with van der Waals surface area (Å²) in [4.78, 5) is 4.37. The van der Waals surface area contributed by atoms with Crippen molar-refractivity contribution in [1.29, 1.82) is 5.26 Å². The van der Waals surface area contributed by atoms with Crippen LogP contribution in [0.25, 0.3) is 11.1 Å². The molecule has 0 amide bonds. The number of hydrogen-bond donors (Lipinski definition) is 1. The molecule has 5 rings (SSSR count). The van der Waals surface area contributed by atoms with E-state index in [-0.39, 0.29) is 11.7 Å². The minimum Gasteiger partial charge on any atom is -0.486 e. The van der Waals surface area contributed by atoms with Gasteiger partial charge in [-0.05, 0) is 51.3 Å². The lowest BCUT2D eigenvalue weighted by Gasteiger charge is -2.42. The van der Waals surface area contributed by atoms with E-state index in [9.17, 15) is 5.26 Å². The summed E-state index contributed by atoms with van der Waals surface area (Å²) >= 11 is 0. The average Bonchev–Trinajstić information content (AvgIpc) is 3.03. The van der Waals surface area contributed by atoms with Gasteiger partial charge in [-0.15, -0.1) is 0 Å². The van der Waals surface area contributed by atoms with Gasteiger partial charge in [0.2, 0.25) is 0 Å². The highest BCUT2D eigenvalue weighted by molar-refractivity contribution is 5.74. The van der Waals surface area contributed by atoms with Gasteiger partial charge in [0.1, 0.15) is 29.2 Å². The molecule has 1 saturated carbocycles. The molecule has 1 aliphatic carbocycles. The monoisotopic (exact) mass is 415 g/mol. The fourth-order valence-electron chi connectivity index (χ4n) is 4.58. The highest BCUT2D eigenvalue weighted by Crippen LogP contribution is 2.44. The number of hydrogen-bond acceptors (Lipinski definition) is 6. The summed E-state index contributed by atoms with van der Waals surface area (Å²) < 4.78 is 14.6. The Hall–Kier alpha value is -3.53. The fourth-order valence-corrected chi connectivity index (χ4v) is 4.58. The minimum atomic E-state index is -0.344. The summed E-state index contributed by atoms with van der Waals surface area (Å²) in [6, 6.07) is 10.3. The smallest absolute Gasteiger partial charge is 0.166 e. The maximum Gasteiger partial charge on any atom is 0.166 e. The third kappa shape index (κ3) is 3.19. The molecule has 2 aromatic heterocycles. The van der Waals surface area contributed by atoms with Gasteiger partial charge in [-0.25, -0.2) is 4.98 Å². The zero-order valence-electron chi connectivity index (χ0n) is 18.0. The predicted octanol–water partition coefficient (Wildman–Crippen LogP) is 4.24. The van der Waals surface area contributed by atoms with Gasteiger partial charge < -0.3 is 15.2 Å². The van der Waals surface area contributed by atoms with Crippen molar-refractivity contribution < 1.29 is 9.47 Å². The Morgan fingerprint density at radius 2 is 2.06 bits per heavy atom. The molecule has 1 fully saturated rings. The van der Waals surface area contributed by atoms with Crippen molar-refractivity contribution >= 4 is 5.82 Å². The first kappa shape index (κ1) is 19.4. The summed E-state index contributed by atoms with van der Waals surface area (Å²) in [5.41, 5.74) is 10.8. The van der Waals surface area contributed by atoms with Crippen LogP contribution in [0.5, 0.6) is 11.5 Å². The Balaban J connectivity index is 1.75. The van der Waals surface area contributed by atoms with E-state index in [1.807, 2.05) is 19.1 Å². The number of aromatic nitrogens is 3. The Labute approximate surface area is 181 Å². The summed E-state index contributed by atoms with van der Waals surface area (Å²) in [5.74, 6) is 1.61. The maximum atomic E-state index is 9.82. The molecule has 2 bridgehead atoms. The van der Waals surface area contributed by atoms with Crippen LogP contribution in [0.3, 0.4) is 0 Å². The lowest BCUT2D eigenvalue weighted by molar-refractivity contribution is -0.00953. The quantitative estimate of drug-likeness (QED) is 0.589. The molecule has 1 aliphatic heterocycles. The summed E-state index contributed by atoms with van der Waals surface area (Å²) in [6.07, 6.45) is 5.02. The number of nitrogen functional groups attached to an aromatic ring is 1. The molecule has 3 aromatic rings. The number of fused-ring (bicyclic) bond motifs is 5. The Kier molecular flexibility index (Phi) is 4.40. The maximum absolute atomic E-state index is 9.82. The summed E-state index contributed by atoms with van der Waals surface area (Å²) in [6.45, 7) is 4.05. The van der Waals surface area contributed by atoms with Gasteiger partial charge in [-0.3, -0.25) is 4.68 Å². The molecule has 31 heavy (non-hydrogen) atoms. The Bertz CT molecular complexity index is 1220. The van der Waals surface area contributed by atoms with Crippen molar-refractivity contribution in [2.75, 3.05) is 5.73 Å². The molecule has 1 aromatic carbocycles. The van der Waals surface area contributed by atoms with Crippen molar-refractivity contribution in [3.05, 3.63) is 53.0 Å². The third-order valence-electron chi connectivity index (χ3n) is 6.38. The van der Waals surface area contributed by atoms with Crippen LogP contribution in [0.2, 0.25) is 0 Å². The third-order valence-corrected chi connectivity index (χ3v) is 6.38. The Morgan fingerprint density at radius 3 is 2.77 bits per heavy atom. The molecule has 7 heteroatoms. The molecular formula is C24H25N5O2. The molecule has 2 aliphatic rings. The van der Waals surface area contributed by atoms with Gasteiger partial charge in [0.15, 0.2) is 11.6 Å². The molecular weight excluding hydrogens is 390 g/mol. The lowest BCUT2D eigenvalue weighted by atomic mass is 9.75. The molecule has 7 nitrogen and oxygen atoms in total. The van der Waals surface area contributed by atoms with Gasteiger partial charge in [-0.1, -0.05) is 11.6 Å². The van der Waals surface area contributed by atoms with E-state index in [0.717, 1.165) is 53.0 Å². The van der Waals surface area contributed by atoms with E-state index in [4.69, 9.17) is 20.3 Å². The van der Waals surface area contributed by atoms with Crippen LogP contribution in [0, 0.1) is 18.3 Å². The molecule has 0 saturated heterocycles. The Morgan fingerprint density at radius 1 is 1.26 bits per heavy atom. The number of benzene rings is 1. The number of anilines is 1. The SMILES string of the molecule is Cc1ccc2c(c1)[C@@H](C)Oc1cc(cnc1N)-c1c(nn(C)c1C#N)CC1(CCC1)O2. The fraction of sp³-hybridized carbons (Fsp3) is 0.375. The number of aryl methyl sites for hydroxylation is 2. The molecule has 1 spiro atoms. The van der Waals surface area contributed by atoms with E-state index in [1.54, 1.807) is 17.9 Å². The number of rotatable bonds is 0. The van der Waals surface area contributed by atoms with Gasteiger partial charge in [-0.2, -0.15) is 10.4 Å². The molecule has 0 radical (unpaired) electrons. The van der Waals surface area contributed by atoms with Gasteiger partial charge >= 0.3 is 0 Å². The normalized spacial score (nSPS) is 18.8. The van der Waals surface area contributed by atoms with Crippen molar-refractivity contribution in [2.24, 2.45) is 7.05 Å². The zero-order chi connectivity index (χ0) is 21.8. The second-order valence-electron chi connectivity index (χ2n) is 8.63. The minimum absolute atomic E-state index is 0.283. The van der Waals surface area contributed by atoms with Crippen LogP contribution in [0.15, 0.2) is 30.5 Å². The number of nitrogens with zero attached hydrogens (tertiary/aromatic N) is 4. The number of nitrogens with two attached hydrogens (primary N) is 1. The van der Waals surface area contributed by atoms with Crippen LogP contribution in [0.4, 0.5) is 5.82 Å². The van der Waals surface area contributed by atoms with Gasteiger partial charge in [0, 0.05) is 36.4 Å². The molecule has 0 unspecified atom stereocenters. The number of nitriles is 1. The first-order valence-electron chi connectivity index (χ1n) is 10.6. The first-order chi connectivity index (χ1) is 14.9. The summed E-state index contributed by atoms with van der Waals surface area (Å²) in [5, 5.41) is 14.5. The van der Waals surface area contributed by atoms with Crippen LogP contribution in [-0.2, 0) is 13.5 Å². The first-order valence-corrected chi connectivity index (χ1v) is 10.6. The van der Waals surface area contributed by atoms with E-state index in [0.29, 0.717) is 23.7 Å². The van der Waals surface area contributed by atoms with Crippen molar-refractivity contribution in [1.82, 2.24) is 14.8 Å². The van der Waals surface area contributed by atoms with E-state index in [1.165, 1.54) is 0 Å². The highest BCUT2D eigenvalue weighted by atomic mass is 16.5. The lowest BCUT2D eigenvalue weighted by Crippen LogP contribution is -2.45. The second kappa shape index (κ2) is 7.02. The van der Waals surface area contributed by atoms with Crippen LogP contribution in [0.1, 0.15) is 54.8 Å². The topological polar surface area (TPSA) is 99.0 Å². The van der Waals surface area contributed by atoms with E-state index in [2.05, 4.69) is 30.1 Å². The van der Waals surface area contributed by atoms with E-state index >= 15 is 0 Å². The van der Waals surface area contributed by atoms with Crippen molar-refractivity contribution in [3.63, 3.8) is 0 Å². The highest BCUT2D eigenvalue weighted by Gasteiger charge is 2.42. The zero-order valence-corrected chi connectivity index (χ0v) is 18.0. The van der Waals surface area contributed by atoms with Crippen LogP contribution >= 0.6 is 0 Å². The number of pyridine rings is 1. The molecule has 2 N–H and O–H groups in total.